The first-order valence-corrected chi connectivity index (χ1v) is 5.03. The highest BCUT2D eigenvalue weighted by Crippen LogP contribution is 2.26. The fourth-order valence-corrected chi connectivity index (χ4v) is 1.79. The Morgan fingerprint density at radius 1 is 1.40 bits per heavy atom. The predicted octanol–water partition coefficient (Wildman–Crippen LogP) is 2.28. The predicted molar refractivity (Wildman–Crippen MR) is 52.9 cm³/mol. The van der Waals surface area contributed by atoms with Gasteiger partial charge in [0.25, 0.3) is 0 Å². The molecule has 0 amide bonds. The summed E-state index contributed by atoms with van der Waals surface area (Å²) in [6, 6.07) is 2.36. The molecule has 0 aliphatic carbocycles. The summed E-state index contributed by atoms with van der Waals surface area (Å²) in [5.41, 5.74) is 0.173. The van der Waals surface area contributed by atoms with Crippen molar-refractivity contribution >= 4 is 11.6 Å². The molecule has 15 heavy (non-hydrogen) atoms. The van der Waals surface area contributed by atoms with Gasteiger partial charge in [0.2, 0.25) is 0 Å². The highest BCUT2D eigenvalue weighted by Gasteiger charge is 2.21. The Balaban J connectivity index is 2.33. The largest absolute Gasteiger partial charge is 0.371 e. The summed E-state index contributed by atoms with van der Waals surface area (Å²) in [7, 11) is 0. The monoisotopic (exact) mass is 233 g/mol. The highest BCUT2D eigenvalue weighted by molar-refractivity contribution is 6.30. The Bertz CT molecular complexity index is 367. The maximum Gasteiger partial charge on any atom is 0.164 e. The van der Waals surface area contributed by atoms with Crippen molar-refractivity contribution in [2.75, 3.05) is 19.7 Å². The van der Waals surface area contributed by atoms with Gasteiger partial charge >= 0.3 is 0 Å². The number of benzene rings is 1. The smallest absolute Gasteiger partial charge is 0.164 e. The first-order valence-electron chi connectivity index (χ1n) is 4.65. The van der Waals surface area contributed by atoms with E-state index in [9.17, 15) is 8.78 Å². The normalized spacial score (nSPS) is 21.7. The third kappa shape index (κ3) is 2.27. The van der Waals surface area contributed by atoms with E-state index in [1.807, 2.05) is 0 Å². The van der Waals surface area contributed by atoms with Crippen molar-refractivity contribution in [2.45, 2.75) is 6.10 Å². The van der Waals surface area contributed by atoms with Gasteiger partial charge in [-0.15, -0.1) is 0 Å². The van der Waals surface area contributed by atoms with Crippen LogP contribution in [0.4, 0.5) is 8.78 Å². The zero-order chi connectivity index (χ0) is 10.8. The van der Waals surface area contributed by atoms with E-state index in [2.05, 4.69) is 5.32 Å². The standard InChI is InChI=1S/C10H10ClF2NO/c11-6-3-7(10(13)8(12)4-6)9-5-14-1-2-15-9/h3-4,9,14H,1-2,5H2. The van der Waals surface area contributed by atoms with Gasteiger partial charge in [0.05, 0.1) is 12.7 Å². The molecule has 82 valence electrons. The summed E-state index contributed by atoms with van der Waals surface area (Å²) >= 11 is 5.66. The van der Waals surface area contributed by atoms with Crippen LogP contribution in [-0.2, 0) is 4.74 Å². The summed E-state index contributed by atoms with van der Waals surface area (Å²) in [5.74, 6) is -1.82. The molecule has 5 heteroatoms. The first kappa shape index (κ1) is 10.8. The number of rotatable bonds is 1. The van der Waals surface area contributed by atoms with Gasteiger partial charge in [-0.1, -0.05) is 11.6 Å². The molecule has 1 saturated heterocycles. The third-order valence-corrected chi connectivity index (χ3v) is 2.51. The average Bonchev–Trinajstić information content (AvgIpc) is 2.24. The molecule has 1 heterocycles. The van der Waals surface area contributed by atoms with Gasteiger partial charge in [-0.3, -0.25) is 0 Å². The van der Waals surface area contributed by atoms with Gasteiger partial charge in [0.1, 0.15) is 0 Å². The molecule has 0 bridgehead atoms. The van der Waals surface area contributed by atoms with Crippen LogP contribution in [-0.4, -0.2) is 19.7 Å². The van der Waals surface area contributed by atoms with Gasteiger partial charge in [-0.2, -0.15) is 0 Å². The summed E-state index contributed by atoms with van der Waals surface area (Å²) < 4.78 is 31.8. The molecule has 0 spiro atoms. The van der Waals surface area contributed by atoms with Crippen LogP contribution in [0.1, 0.15) is 11.7 Å². The number of halogens is 3. The van der Waals surface area contributed by atoms with Crippen LogP contribution in [0, 0.1) is 11.6 Å². The van der Waals surface area contributed by atoms with Crippen molar-refractivity contribution in [1.29, 1.82) is 0 Å². The Morgan fingerprint density at radius 3 is 2.87 bits per heavy atom. The van der Waals surface area contributed by atoms with E-state index in [1.165, 1.54) is 6.07 Å². The van der Waals surface area contributed by atoms with Crippen LogP contribution in [0.15, 0.2) is 12.1 Å². The van der Waals surface area contributed by atoms with Crippen molar-refractivity contribution in [2.24, 2.45) is 0 Å². The molecule has 1 aromatic carbocycles. The Morgan fingerprint density at radius 2 is 2.20 bits per heavy atom. The van der Waals surface area contributed by atoms with Crippen LogP contribution < -0.4 is 5.32 Å². The fourth-order valence-electron chi connectivity index (χ4n) is 1.58. The quantitative estimate of drug-likeness (QED) is 0.752. The SMILES string of the molecule is Fc1cc(Cl)cc(C2CNCCO2)c1F. The fraction of sp³-hybridized carbons (Fsp3) is 0.400. The Hall–Kier alpha value is -0.710. The molecule has 0 saturated carbocycles. The first-order chi connectivity index (χ1) is 7.18. The van der Waals surface area contributed by atoms with Gasteiger partial charge < -0.3 is 10.1 Å². The molecule has 1 N–H and O–H groups in total. The van der Waals surface area contributed by atoms with Gasteiger partial charge in [-0.05, 0) is 12.1 Å². The molecule has 1 atom stereocenters. The highest BCUT2D eigenvalue weighted by atomic mass is 35.5. The number of hydrogen-bond donors (Lipinski definition) is 1. The molecule has 1 aliphatic heterocycles. The molecule has 0 radical (unpaired) electrons. The zero-order valence-electron chi connectivity index (χ0n) is 7.90. The second-order valence-electron chi connectivity index (χ2n) is 3.35. The second-order valence-corrected chi connectivity index (χ2v) is 3.79. The van der Waals surface area contributed by atoms with Crippen LogP contribution in [0.3, 0.4) is 0 Å². The van der Waals surface area contributed by atoms with Crippen molar-refractivity contribution in [3.63, 3.8) is 0 Å². The van der Waals surface area contributed by atoms with E-state index in [0.29, 0.717) is 13.2 Å². The van der Waals surface area contributed by atoms with Crippen LogP contribution in [0.25, 0.3) is 0 Å². The molecule has 1 unspecified atom stereocenters. The van der Waals surface area contributed by atoms with E-state index in [-0.39, 0.29) is 10.6 Å². The van der Waals surface area contributed by atoms with Gasteiger partial charge in [-0.25, -0.2) is 8.78 Å². The topological polar surface area (TPSA) is 21.3 Å². The number of morpholine rings is 1. The van der Waals surface area contributed by atoms with Crippen molar-refractivity contribution < 1.29 is 13.5 Å². The summed E-state index contributed by atoms with van der Waals surface area (Å²) in [6.07, 6.45) is -0.466. The molecule has 2 rings (SSSR count). The van der Waals surface area contributed by atoms with Gasteiger partial charge in [0, 0.05) is 23.7 Å². The average molecular weight is 234 g/mol. The van der Waals surface area contributed by atoms with Crippen LogP contribution in [0.2, 0.25) is 5.02 Å². The molecule has 2 nitrogen and oxygen atoms in total. The Labute approximate surface area is 91.2 Å². The van der Waals surface area contributed by atoms with E-state index in [4.69, 9.17) is 16.3 Å². The van der Waals surface area contributed by atoms with Crippen molar-refractivity contribution in [1.82, 2.24) is 5.32 Å². The minimum Gasteiger partial charge on any atom is -0.371 e. The van der Waals surface area contributed by atoms with Crippen molar-refractivity contribution in [3.05, 3.63) is 34.4 Å². The minimum absolute atomic E-state index is 0.173. The lowest BCUT2D eigenvalue weighted by Gasteiger charge is -2.24. The van der Waals surface area contributed by atoms with E-state index >= 15 is 0 Å². The lowest BCUT2D eigenvalue weighted by atomic mass is 10.1. The number of hydrogen-bond acceptors (Lipinski definition) is 2. The summed E-state index contributed by atoms with van der Waals surface area (Å²) in [5, 5.41) is 3.22. The van der Waals surface area contributed by atoms with Gasteiger partial charge in [0.15, 0.2) is 11.6 Å². The number of nitrogens with one attached hydrogen (secondary N) is 1. The summed E-state index contributed by atoms with van der Waals surface area (Å²) in [6.45, 7) is 1.68. The lowest BCUT2D eigenvalue weighted by molar-refractivity contribution is 0.0251. The second kappa shape index (κ2) is 4.43. The van der Waals surface area contributed by atoms with E-state index in [0.717, 1.165) is 12.6 Å². The summed E-state index contributed by atoms with van der Waals surface area (Å²) in [4.78, 5) is 0. The van der Waals surface area contributed by atoms with E-state index in [1.54, 1.807) is 0 Å². The lowest BCUT2D eigenvalue weighted by Crippen LogP contribution is -2.33. The maximum absolute atomic E-state index is 13.4. The molecule has 0 aromatic heterocycles. The molecular weight excluding hydrogens is 224 g/mol. The molecule has 1 aliphatic rings. The van der Waals surface area contributed by atoms with Crippen LogP contribution >= 0.6 is 11.6 Å². The maximum atomic E-state index is 13.4. The number of ether oxygens (including phenoxy) is 1. The molecule has 1 aromatic rings. The minimum atomic E-state index is -0.938. The van der Waals surface area contributed by atoms with Crippen LogP contribution in [0.5, 0.6) is 0 Å². The molecular formula is C10H10ClF2NO. The molecule has 1 fully saturated rings. The van der Waals surface area contributed by atoms with Crippen molar-refractivity contribution in [3.8, 4) is 0 Å². The Kier molecular flexibility index (Phi) is 3.19. The third-order valence-electron chi connectivity index (χ3n) is 2.30. The van der Waals surface area contributed by atoms with E-state index < -0.39 is 17.7 Å². The zero-order valence-corrected chi connectivity index (χ0v) is 8.65.